The van der Waals surface area contributed by atoms with Crippen LogP contribution in [0.4, 0.5) is 0 Å². The zero-order valence-electron chi connectivity index (χ0n) is 19.3. The van der Waals surface area contributed by atoms with Gasteiger partial charge in [-0.2, -0.15) is 4.99 Å². The minimum Gasteiger partial charge on any atom is -0.493 e. The summed E-state index contributed by atoms with van der Waals surface area (Å²) in [6.07, 6.45) is 8.12. The number of hydrogen-bond acceptors (Lipinski definition) is 4. The van der Waals surface area contributed by atoms with Crippen molar-refractivity contribution >= 4 is 17.8 Å². The van der Waals surface area contributed by atoms with Crippen molar-refractivity contribution in [3.63, 3.8) is 0 Å². The largest absolute Gasteiger partial charge is 0.493 e. The molecule has 5 N–H and O–H groups in total. The van der Waals surface area contributed by atoms with E-state index in [1.165, 1.54) is 39.2 Å². The first kappa shape index (κ1) is 26.3. The normalized spacial score (nSPS) is 13.6. The van der Waals surface area contributed by atoms with Gasteiger partial charge in [-0.3, -0.25) is 9.59 Å². The van der Waals surface area contributed by atoms with E-state index >= 15 is 0 Å². The Balaban J connectivity index is 0.000000316. The highest BCUT2D eigenvalue weighted by molar-refractivity contribution is 5.92. The fraction of sp³-hybridized carbons (Fsp3) is 0.609. The fourth-order valence-corrected chi connectivity index (χ4v) is 3.32. The van der Waals surface area contributed by atoms with Gasteiger partial charge in [0.2, 0.25) is 5.91 Å². The lowest BCUT2D eigenvalue weighted by molar-refractivity contribution is -0.122. The first-order chi connectivity index (χ1) is 14.7. The minimum atomic E-state index is -0.405. The molecular weight excluding hydrogens is 396 g/mol. The van der Waals surface area contributed by atoms with Gasteiger partial charge >= 0.3 is 0 Å². The molecule has 1 aromatic carbocycles. The van der Waals surface area contributed by atoms with Crippen molar-refractivity contribution in [2.75, 3.05) is 14.2 Å². The molecule has 1 fully saturated rings. The summed E-state index contributed by atoms with van der Waals surface area (Å²) < 4.78 is 10.2. The Bertz CT molecular complexity index is 724. The second kappa shape index (κ2) is 14.3. The molecule has 0 unspecified atom stereocenters. The van der Waals surface area contributed by atoms with E-state index in [1.807, 2.05) is 0 Å². The number of rotatable bonds is 8. The van der Waals surface area contributed by atoms with Crippen molar-refractivity contribution in [2.24, 2.45) is 22.4 Å². The van der Waals surface area contributed by atoms with Gasteiger partial charge in [0.15, 0.2) is 17.5 Å². The summed E-state index contributed by atoms with van der Waals surface area (Å²) in [6, 6.07) is 5.65. The van der Waals surface area contributed by atoms with E-state index < -0.39 is 5.91 Å². The summed E-state index contributed by atoms with van der Waals surface area (Å²) in [7, 11) is 3.07. The van der Waals surface area contributed by atoms with Gasteiger partial charge in [-0.25, -0.2) is 0 Å². The van der Waals surface area contributed by atoms with Crippen LogP contribution in [0.3, 0.4) is 0 Å². The van der Waals surface area contributed by atoms with Gasteiger partial charge in [-0.15, -0.1) is 0 Å². The molecule has 0 radical (unpaired) electrons. The van der Waals surface area contributed by atoms with E-state index in [9.17, 15) is 9.59 Å². The fourth-order valence-electron chi connectivity index (χ4n) is 3.32. The van der Waals surface area contributed by atoms with Crippen LogP contribution in [0.5, 0.6) is 11.5 Å². The first-order valence-corrected chi connectivity index (χ1v) is 10.9. The molecule has 2 rings (SSSR count). The predicted octanol–water partition coefficient (Wildman–Crippen LogP) is 2.92. The summed E-state index contributed by atoms with van der Waals surface area (Å²) in [5, 5.41) is 3.14. The predicted molar refractivity (Wildman–Crippen MR) is 123 cm³/mol. The van der Waals surface area contributed by atoms with Gasteiger partial charge in [0, 0.05) is 12.5 Å². The highest BCUT2D eigenvalue weighted by Crippen LogP contribution is 2.27. The number of carbonyl (C=O) groups is 2. The highest BCUT2D eigenvalue weighted by atomic mass is 16.5. The molecule has 1 aliphatic carbocycles. The Labute approximate surface area is 185 Å². The molecule has 0 bridgehead atoms. The van der Waals surface area contributed by atoms with Gasteiger partial charge in [0.1, 0.15) is 0 Å². The van der Waals surface area contributed by atoms with E-state index in [2.05, 4.69) is 24.2 Å². The van der Waals surface area contributed by atoms with Crippen LogP contribution in [0.1, 0.15) is 64.4 Å². The number of amides is 2. The number of methoxy groups -OCH3 is 2. The maximum absolute atomic E-state index is 11.5. The van der Waals surface area contributed by atoms with E-state index in [0.29, 0.717) is 29.9 Å². The lowest BCUT2D eigenvalue weighted by Crippen LogP contribution is -2.36. The molecule has 0 aliphatic heterocycles. The van der Waals surface area contributed by atoms with Crippen LogP contribution in [0.2, 0.25) is 0 Å². The summed E-state index contributed by atoms with van der Waals surface area (Å²) >= 11 is 0. The topological polar surface area (TPSA) is 129 Å². The third-order valence-electron chi connectivity index (χ3n) is 4.98. The van der Waals surface area contributed by atoms with Gasteiger partial charge < -0.3 is 26.3 Å². The van der Waals surface area contributed by atoms with Gasteiger partial charge in [-0.1, -0.05) is 39.2 Å². The van der Waals surface area contributed by atoms with E-state index in [1.54, 1.807) is 25.3 Å². The van der Waals surface area contributed by atoms with Crippen molar-refractivity contribution in [1.29, 1.82) is 0 Å². The minimum absolute atomic E-state index is 0.109. The number of benzene rings is 1. The summed E-state index contributed by atoms with van der Waals surface area (Å²) in [5.41, 5.74) is 11.0. The molecule has 2 amide bonds. The Morgan fingerprint density at radius 1 is 1.10 bits per heavy atom. The zero-order valence-corrected chi connectivity index (χ0v) is 19.3. The van der Waals surface area contributed by atoms with Crippen LogP contribution in [-0.2, 0) is 16.0 Å². The average Bonchev–Trinajstić information content (AvgIpc) is 2.72. The van der Waals surface area contributed by atoms with Crippen LogP contribution in [-0.4, -0.2) is 38.0 Å². The van der Waals surface area contributed by atoms with Crippen molar-refractivity contribution in [2.45, 2.75) is 71.3 Å². The number of guanidine groups is 1. The van der Waals surface area contributed by atoms with E-state index in [4.69, 9.17) is 20.9 Å². The number of ether oxygens (including phenoxy) is 2. The van der Waals surface area contributed by atoms with Crippen LogP contribution in [0, 0.1) is 5.92 Å². The first-order valence-electron chi connectivity index (χ1n) is 10.9. The molecule has 0 saturated heterocycles. The smallest absolute Gasteiger partial charge is 0.253 e. The number of carbonyl (C=O) groups excluding carboxylic acids is 2. The van der Waals surface area contributed by atoms with Crippen LogP contribution in [0.15, 0.2) is 23.2 Å². The SMILES string of the molecule is CC(C)CCC(=O)NC1CCCCC1.COc1ccc(CC(=O)N=C(N)N)cc1OC. The quantitative estimate of drug-likeness (QED) is 0.426. The molecule has 174 valence electrons. The molecule has 1 aromatic rings. The maximum Gasteiger partial charge on any atom is 0.253 e. The van der Waals surface area contributed by atoms with Crippen molar-refractivity contribution in [3.8, 4) is 11.5 Å². The van der Waals surface area contributed by atoms with Crippen LogP contribution >= 0.6 is 0 Å². The van der Waals surface area contributed by atoms with Crippen molar-refractivity contribution < 1.29 is 19.1 Å². The molecule has 8 heteroatoms. The lowest BCUT2D eigenvalue weighted by atomic mass is 9.95. The van der Waals surface area contributed by atoms with Crippen molar-refractivity contribution in [1.82, 2.24) is 5.32 Å². The number of nitrogens with one attached hydrogen (secondary N) is 1. The molecule has 0 heterocycles. The molecular formula is C23H38N4O4. The molecule has 31 heavy (non-hydrogen) atoms. The Hall–Kier alpha value is -2.77. The number of nitrogens with zero attached hydrogens (tertiary/aromatic N) is 1. The van der Waals surface area contributed by atoms with E-state index in [0.717, 1.165) is 12.0 Å². The van der Waals surface area contributed by atoms with Crippen molar-refractivity contribution in [3.05, 3.63) is 23.8 Å². The van der Waals surface area contributed by atoms with E-state index in [-0.39, 0.29) is 18.3 Å². The third kappa shape index (κ3) is 11.3. The number of hydrogen-bond donors (Lipinski definition) is 3. The van der Waals surface area contributed by atoms with Crippen LogP contribution in [0.25, 0.3) is 0 Å². The standard InChI is InChI=1S/C12H23NO.C11H15N3O3/c1-10(2)8-9-12(14)13-11-6-4-3-5-7-11;1-16-8-4-3-7(5-9(8)17-2)6-10(15)14-11(12)13/h10-11H,3-9H2,1-2H3,(H,13,14);3-5H,6H2,1-2H3,(H4,12,13,14,15). The summed E-state index contributed by atoms with van der Waals surface area (Å²) in [5.74, 6) is 1.40. The monoisotopic (exact) mass is 434 g/mol. The maximum atomic E-state index is 11.5. The molecule has 0 atom stereocenters. The molecule has 0 spiro atoms. The summed E-state index contributed by atoms with van der Waals surface area (Å²) in [6.45, 7) is 4.32. The second-order valence-electron chi connectivity index (χ2n) is 8.13. The molecule has 1 saturated carbocycles. The van der Waals surface area contributed by atoms with Gasteiger partial charge in [0.05, 0.1) is 20.6 Å². The summed E-state index contributed by atoms with van der Waals surface area (Å²) in [4.78, 5) is 26.3. The second-order valence-corrected chi connectivity index (χ2v) is 8.13. The Morgan fingerprint density at radius 3 is 2.29 bits per heavy atom. The Kier molecular flexibility index (Phi) is 12.1. The third-order valence-corrected chi connectivity index (χ3v) is 4.98. The van der Waals surface area contributed by atoms with Gasteiger partial charge in [0.25, 0.3) is 5.91 Å². The Morgan fingerprint density at radius 2 is 1.74 bits per heavy atom. The number of aliphatic imine (C=N–C) groups is 1. The molecule has 1 aliphatic rings. The zero-order chi connectivity index (χ0) is 23.2. The van der Waals surface area contributed by atoms with Gasteiger partial charge in [-0.05, 0) is 42.9 Å². The molecule has 0 aromatic heterocycles. The lowest BCUT2D eigenvalue weighted by Gasteiger charge is -2.22. The highest BCUT2D eigenvalue weighted by Gasteiger charge is 2.15. The number of nitrogens with two attached hydrogens (primary N) is 2. The molecule has 8 nitrogen and oxygen atoms in total. The average molecular weight is 435 g/mol. The van der Waals surface area contributed by atoms with Crippen LogP contribution < -0.4 is 26.3 Å².